The number of nitrogens with zero attached hydrogens (tertiary/aromatic N) is 3. The molecular formula is C21H18F2N4O3S. The molecule has 0 aliphatic carbocycles. The molecule has 1 atom stereocenters. The number of hydrogen-bond donors (Lipinski definition) is 1. The topological polar surface area (TPSA) is 84.4 Å². The van der Waals surface area contributed by atoms with Gasteiger partial charge in [0, 0.05) is 12.2 Å². The standard InChI is InChI=1S/C21H18F2N4O3S/c22-13-3-7-15(8-4-13)24-19(29)21-26-25-20(31-21)17-2-1-11-27(17)18(28)12-30-16-9-5-14(23)6-10-16/h3-10,17H,1-2,11-12H2,(H,24,29)/t17-/m0/s1. The molecule has 10 heteroatoms. The minimum absolute atomic E-state index is 0.154. The minimum atomic E-state index is -0.453. The second-order valence-corrected chi connectivity index (χ2v) is 7.90. The van der Waals surface area contributed by atoms with Crippen molar-refractivity contribution in [2.75, 3.05) is 18.5 Å². The Balaban J connectivity index is 1.38. The summed E-state index contributed by atoms with van der Waals surface area (Å²) in [4.78, 5) is 26.7. The number of halogens is 2. The number of nitrogens with one attached hydrogen (secondary N) is 1. The van der Waals surface area contributed by atoms with Crippen LogP contribution in [0.5, 0.6) is 5.75 Å². The summed E-state index contributed by atoms with van der Waals surface area (Å²) in [6.45, 7) is 0.367. The van der Waals surface area contributed by atoms with Gasteiger partial charge in [0.15, 0.2) is 6.61 Å². The lowest BCUT2D eigenvalue weighted by Crippen LogP contribution is -2.34. The first-order chi connectivity index (χ1) is 15.0. The maximum absolute atomic E-state index is 13.0. The molecule has 160 valence electrons. The van der Waals surface area contributed by atoms with Crippen molar-refractivity contribution >= 4 is 28.8 Å². The lowest BCUT2D eigenvalue weighted by Gasteiger charge is -2.22. The fourth-order valence-electron chi connectivity index (χ4n) is 3.26. The fourth-order valence-corrected chi connectivity index (χ4v) is 4.15. The monoisotopic (exact) mass is 444 g/mol. The van der Waals surface area contributed by atoms with E-state index in [4.69, 9.17) is 4.74 Å². The van der Waals surface area contributed by atoms with Gasteiger partial charge < -0.3 is 15.0 Å². The molecule has 31 heavy (non-hydrogen) atoms. The highest BCUT2D eigenvalue weighted by molar-refractivity contribution is 7.13. The lowest BCUT2D eigenvalue weighted by molar-refractivity contribution is -0.134. The first-order valence-electron chi connectivity index (χ1n) is 9.58. The van der Waals surface area contributed by atoms with Gasteiger partial charge in [-0.25, -0.2) is 8.78 Å². The van der Waals surface area contributed by atoms with E-state index in [0.29, 0.717) is 29.4 Å². The van der Waals surface area contributed by atoms with Crippen molar-refractivity contribution in [1.29, 1.82) is 0 Å². The fraction of sp³-hybridized carbons (Fsp3) is 0.238. The van der Waals surface area contributed by atoms with Crippen molar-refractivity contribution in [3.8, 4) is 5.75 Å². The second kappa shape index (κ2) is 9.17. The predicted octanol–water partition coefficient (Wildman–Crippen LogP) is 3.81. The van der Waals surface area contributed by atoms with Crippen LogP contribution >= 0.6 is 11.3 Å². The Kier molecular flexibility index (Phi) is 6.17. The van der Waals surface area contributed by atoms with Crippen LogP contribution in [0.25, 0.3) is 0 Å². The summed E-state index contributed by atoms with van der Waals surface area (Å²) in [5, 5.41) is 11.4. The van der Waals surface area contributed by atoms with Gasteiger partial charge in [-0.15, -0.1) is 10.2 Å². The van der Waals surface area contributed by atoms with Crippen LogP contribution in [-0.2, 0) is 4.79 Å². The molecule has 0 radical (unpaired) electrons. The zero-order valence-electron chi connectivity index (χ0n) is 16.3. The third kappa shape index (κ3) is 5.02. The Morgan fingerprint density at radius 1 is 1.06 bits per heavy atom. The van der Waals surface area contributed by atoms with Crippen LogP contribution in [0.15, 0.2) is 48.5 Å². The summed E-state index contributed by atoms with van der Waals surface area (Å²) < 4.78 is 31.4. The zero-order chi connectivity index (χ0) is 21.8. The highest BCUT2D eigenvalue weighted by Gasteiger charge is 2.33. The van der Waals surface area contributed by atoms with Gasteiger partial charge in [-0.1, -0.05) is 11.3 Å². The lowest BCUT2D eigenvalue weighted by atomic mass is 10.2. The number of ether oxygens (including phenoxy) is 1. The number of carbonyl (C=O) groups is 2. The molecule has 4 rings (SSSR count). The molecule has 1 N–H and O–H groups in total. The summed E-state index contributed by atoms with van der Waals surface area (Å²) >= 11 is 1.11. The molecule has 3 aromatic rings. The molecule has 0 spiro atoms. The number of hydrogen-bond acceptors (Lipinski definition) is 6. The quantitative estimate of drug-likeness (QED) is 0.625. The molecule has 1 aliphatic heterocycles. The normalized spacial score (nSPS) is 15.7. The van der Waals surface area contributed by atoms with Gasteiger partial charge in [-0.05, 0) is 61.4 Å². The van der Waals surface area contributed by atoms with E-state index in [1.165, 1.54) is 48.5 Å². The SMILES string of the molecule is O=C(Nc1ccc(F)cc1)c1nnc([C@@H]2CCCN2C(=O)COc2ccc(F)cc2)s1. The van der Waals surface area contributed by atoms with Crippen molar-refractivity contribution < 1.29 is 23.1 Å². The largest absolute Gasteiger partial charge is 0.484 e. The molecule has 0 saturated carbocycles. The van der Waals surface area contributed by atoms with E-state index < -0.39 is 11.7 Å². The first-order valence-corrected chi connectivity index (χ1v) is 10.4. The summed E-state index contributed by atoms with van der Waals surface area (Å²) in [5.74, 6) is -1.05. The summed E-state index contributed by atoms with van der Waals surface area (Å²) in [6, 6.07) is 10.6. The van der Waals surface area contributed by atoms with Crippen molar-refractivity contribution in [2.24, 2.45) is 0 Å². The van der Waals surface area contributed by atoms with Gasteiger partial charge >= 0.3 is 0 Å². The third-order valence-electron chi connectivity index (χ3n) is 4.77. The Hall–Kier alpha value is -3.40. The Labute approximate surface area is 180 Å². The number of amides is 2. The van der Waals surface area contributed by atoms with Crippen LogP contribution in [-0.4, -0.2) is 40.1 Å². The average molecular weight is 444 g/mol. The molecule has 0 unspecified atom stereocenters. The first kappa shape index (κ1) is 20.9. The average Bonchev–Trinajstić information content (AvgIpc) is 3.44. The third-order valence-corrected chi connectivity index (χ3v) is 5.79. The molecule has 1 saturated heterocycles. The van der Waals surface area contributed by atoms with E-state index in [0.717, 1.165) is 17.8 Å². The Bertz CT molecular complexity index is 1070. The minimum Gasteiger partial charge on any atom is -0.484 e. The van der Waals surface area contributed by atoms with E-state index >= 15 is 0 Å². The van der Waals surface area contributed by atoms with Crippen LogP contribution in [0.1, 0.15) is 33.7 Å². The molecule has 1 aliphatic rings. The number of likely N-dealkylation sites (tertiary alicyclic amines) is 1. The molecule has 2 amide bonds. The van der Waals surface area contributed by atoms with Crippen LogP contribution < -0.4 is 10.1 Å². The molecule has 2 heterocycles. The van der Waals surface area contributed by atoms with Crippen molar-refractivity contribution in [3.05, 3.63) is 70.2 Å². The van der Waals surface area contributed by atoms with Gasteiger partial charge in [-0.2, -0.15) is 0 Å². The molecule has 0 bridgehead atoms. The Morgan fingerprint density at radius 2 is 1.74 bits per heavy atom. The number of benzene rings is 2. The number of carbonyl (C=O) groups excluding carboxylic acids is 2. The summed E-state index contributed by atoms with van der Waals surface area (Å²) in [6.07, 6.45) is 1.50. The molecule has 7 nitrogen and oxygen atoms in total. The van der Waals surface area contributed by atoms with E-state index in [1.54, 1.807) is 4.90 Å². The van der Waals surface area contributed by atoms with Crippen molar-refractivity contribution in [1.82, 2.24) is 15.1 Å². The second-order valence-electron chi connectivity index (χ2n) is 6.89. The van der Waals surface area contributed by atoms with Crippen LogP contribution in [0.3, 0.4) is 0 Å². The maximum atomic E-state index is 13.0. The van der Waals surface area contributed by atoms with Gasteiger partial charge in [0.05, 0.1) is 6.04 Å². The van der Waals surface area contributed by atoms with Gasteiger partial charge in [0.2, 0.25) is 5.01 Å². The number of rotatable bonds is 6. The number of anilines is 1. The zero-order valence-corrected chi connectivity index (χ0v) is 17.1. The summed E-state index contributed by atoms with van der Waals surface area (Å²) in [7, 11) is 0. The number of aromatic nitrogens is 2. The van der Waals surface area contributed by atoms with Crippen LogP contribution in [0.4, 0.5) is 14.5 Å². The van der Waals surface area contributed by atoms with E-state index in [2.05, 4.69) is 15.5 Å². The molecule has 2 aromatic carbocycles. The molecular weight excluding hydrogens is 426 g/mol. The van der Waals surface area contributed by atoms with E-state index in [1.807, 2.05) is 0 Å². The van der Waals surface area contributed by atoms with E-state index in [-0.39, 0.29) is 29.4 Å². The van der Waals surface area contributed by atoms with Crippen LogP contribution in [0.2, 0.25) is 0 Å². The van der Waals surface area contributed by atoms with Gasteiger partial charge in [-0.3, -0.25) is 9.59 Å². The predicted molar refractivity (Wildman–Crippen MR) is 110 cm³/mol. The maximum Gasteiger partial charge on any atom is 0.286 e. The highest BCUT2D eigenvalue weighted by atomic mass is 32.1. The van der Waals surface area contributed by atoms with Crippen molar-refractivity contribution in [2.45, 2.75) is 18.9 Å². The van der Waals surface area contributed by atoms with Crippen LogP contribution in [0, 0.1) is 11.6 Å². The van der Waals surface area contributed by atoms with Crippen molar-refractivity contribution in [3.63, 3.8) is 0 Å². The highest BCUT2D eigenvalue weighted by Crippen LogP contribution is 2.34. The summed E-state index contributed by atoms with van der Waals surface area (Å²) in [5.41, 5.74) is 0.443. The smallest absolute Gasteiger partial charge is 0.286 e. The molecule has 1 fully saturated rings. The van der Waals surface area contributed by atoms with Gasteiger partial charge in [0.1, 0.15) is 22.4 Å². The Morgan fingerprint density at radius 3 is 2.45 bits per heavy atom. The van der Waals surface area contributed by atoms with Gasteiger partial charge in [0.25, 0.3) is 11.8 Å². The van der Waals surface area contributed by atoms with E-state index in [9.17, 15) is 18.4 Å². The molecule has 1 aromatic heterocycles.